The zero-order valence-electron chi connectivity index (χ0n) is 9.69. The molecule has 88 valence electrons. The van der Waals surface area contributed by atoms with Crippen molar-refractivity contribution in [1.82, 2.24) is 5.32 Å². The van der Waals surface area contributed by atoms with Gasteiger partial charge in [0.15, 0.2) is 0 Å². The molecule has 1 N–H and O–H groups in total. The molecule has 0 spiro atoms. The molecule has 1 aromatic carbocycles. The monoisotopic (exact) mass is 285 g/mol. The molecule has 3 heteroatoms. The fourth-order valence-electron chi connectivity index (χ4n) is 2.23. The van der Waals surface area contributed by atoms with Crippen molar-refractivity contribution in [2.75, 3.05) is 6.54 Å². The lowest BCUT2D eigenvalue weighted by Gasteiger charge is -2.16. The van der Waals surface area contributed by atoms with Crippen LogP contribution < -0.4 is 5.32 Å². The van der Waals surface area contributed by atoms with Crippen LogP contribution in [0, 0.1) is 11.7 Å². The highest BCUT2D eigenvalue weighted by Gasteiger charge is 2.25. The van der Waals surface area contributed by atoms with Crippen LogP contribution in [0.5, 0.6) is 0 Å². The molecule has 0 bridgehead atoms. The first kappa shape index (κ1) is 12.1. The Kier molecular flexibility index (Phi) is 3.65. The predicted octanol–water partition coefficient (Wildman–Crippen LogP) is 3.82. The van der Waals surface area contributed by atoms with E-state index in [1.807, 2.05) is 6.07 Å². The second-order valence-corrected chi connectivity index (χ2v) is 5.76. The molecule has 1 aliphatic rings. The number of rotatable bonds is 3. The number of benzene rings is 1. The number of hydrogen-bond acceptors (Lipinski definition) is 1. The zero-order valence-corrected chi connectivity index (χ0v) is 11.3. The maximum absolute atomic E-state index is 13.7. The van der Waals surface area contributed by atoms with Gasteiger partial charge in [-0.2, -0.15) is 0 Å². The maximum Gasteiger partial charge on any atom is 0.127 e. The van der Waals surface area contributed by atoms with Gasteiger partial charge in [-0.05, 0) is 48.6 Å². The van der Waals surface area contributed by atoms with Gasteiger partial charge in [-0.1, -0.05) is 29.8 Å². The van der Waals surface area contributed by atoms with E-state index in [0.717, 1.165) is 35.0 Å². The molecule has 0 fully saturated rings. The maximum atomic E-state index is 13.7. The molecule has 0 heterocycles. The minimum atomic E-state index is -0.0711. The van der Waals surface area contributed by atoms with E-state index in [-0.39, 0.29) is 5.82 Å². The SMILES string of the molecule is CC(C)CNC1CCc2c(F)cc(Br)cc21. The molecule has 0 saturated carbocycles. The summed E-state index contributed by atoms with van der Waals surface area (Å²) in [5.74, 6) is 0.555. The smallest absolute Gasteiger partial charge is 0.127 e. The Morgan fingerprint density at radius 3 is 2.94 bits per heavy atom. The zero-order chi connectivity index (χ0) is 11.7. The average Bonchev–Trinajstić information content (AvgIpc) is 2.58. The third-order valence-corrected chi connectivity index (χ3v) is 3.48. The standard InChI is InChI=1S/C13H17BrFN/c1-8(2)7-16-13-4-3-10-11(13)5-9(14)6-12(10)15/h5-6,8,13,16H,3-4,7H2,1-2H3. The van der Waals surface area contributed by atoms with Gasteiger partial charge in [0.25, 0.3) is 0 Å². The summed E-state index contributed by atoms with van der Waals surface area (Å²) in [6.45, 7) is 5.35. The fraction of sp³-hybridized carbons (Fsp3) is 0.538. The molecule has 0 amide bonds. The molecule has 1 nitrogen and oxygen atoms in total. The molecule has 1 aliphatic carbocycles. The van der Waals surface area contributed by atoms with Gasteiger partial charge in [-0.15, -0.1) is 0 Å². The first-order valence-corrected chi connectivity index (χ1v) is 6.58. The van der Waals surface area contributed by atoms with E-state index in [4.69, 9.17) is 0 Å². The number of halogens is 2. The first-order valence-electron chi connectivity index (χ1n) is 5.79. The predicted molar refractivity (Wildman–Crippen MR) is 68.0 cm³/mol. The van der Waals surface area contributed by atoms with E-state index in [1.165, 1.54) is 0 Å². The van der Waals surface area contributed by atoms with Crippen molar-refractivity contribution < 1.29 is 4.39 Å². The topological polar surface area (TPSA) is 12.0 Å². The molecule has 16 heavy (non-hydrogen) atoms. The lowest BCUT2D eigenvalue weighted by Crippen LogP contribution is -2.23. The van der Waals surface area contributed by atoms with Crippen LogP contribution in [0.15, 0.2) is 16.6 Å². The summed E-state index contributed by atoms with van der Waals surface area (Å²) in [4.78, 5) is 0. The minimum Gasteiger partial charge on any atom is -0.310 e. The molecule has 0 saturated heterocycles. The van der Waals surface area contributed by atoms with Crippen LogP contribution in [0.25, 0.3) is 0 Å². The van der Waals surface area contributed by atoms with Gasteiger partial charge in [-0.3, -0.25) is 0 Å². The van der Waals surface area contributed by atoms with Crippen molar-refractivity contribution in [3.63, 3.8) is 0 Å². The number of hydrogen-bond donors (Lipinski definition) is 1. The lowest BCUT2D eigenvalue weighted by molar-refractivity contribution is 0.472. The lowest BCUT2D eigenvalue weighted by atomic mass is 10.1. The van der Waals surface area contributed by atoms with Crippen molar-refractivity contribution >= 4 is 15.9 Å². The van der Waals surface area contributed by atoms with Crippen molar-refractivity contribution in [3.05, 3.63) is 33.5 Å². The highest BCUT2D eigenvalue weighted by molar-refractivity contribution is 9.10. The van der Waals surface area contributed by atoms with Gasteiger partial charge >= 0.3 is 0 Å². The normalized spacial score (nSPS) is 19.2. The summed E-state index contributed by atoms with van der Waals surface area (Å²) in [6, 6.07) is 3.93. The molecule has 2 rings (SSSR count). The fourth-order valence-corrected chi connectivity index (χ4v) is 2.68. The van der Waals surface area contributed by atoms with Crippen LogP contribution in [-0.4, -0.2) is 6.54 Å². The highest BCUT2D eigenvalue weighted by Crippen LogP contribution is 2.35. The van der Waals surface area contributed by atoms with Gasteiger partial charge in [0.2, 0.25) is 0 Å². The van der Waals surface area contributed by atoms with Crippen molar-refractivity contribution in [1.29, 1.82) is 0 Å². The van der Waals surface area contributed by atoms with Crippen LogP contribution in [-0.2, 0) is 6.42 Å². The summed E-state index contributed by atoms with van der Waals surface area (Å²) >= 11 is 3.36. The van der Waals surface area contributed by atoms with Crippen molar-refractivity contribution in [3.8, 4) is 0 Å². The van der Waals surface area contributed by atoms with Gasteiger partial charge in [-0.25, -0.2) is 4.39 Å². The van der Waals surface area contributed by atoms with E-state index >= 15 is 0 Å². The Labute approximate surface area is 105 Å². The Bertz CT molecular complexity index is 390. The first-order chi connectivity index (χ1) is 7.58. The second-order valence-electron chi connectivity index (χ2n) is 4.85. The minimum absolute atomic E-state index is 0.0711. The van der Waals surface area contributed by atoms with E-state index in [1.54, 1.807) is 6.07 Å². The molecule has 0 aromatic heterocycles. The quantitative estimate of drug-likeness (QED) is 0.890. The summed E-state index contributed by atoms with van der Waals surface area (Å²) < 4.78 is 14.5. The molecular formula is C13H17BrFN. The summed E-state index contributed by atoms with van der Waals surface area (Å²) in [7, 11) is 0. The summed E-state index contributed by atoms with van der Waals surface area (Å²) in [5, 5.41) is 3.50. The van der Waals surface area contributed by atoms with Gasteiger partial charge in [0, 0.05) is 10.5 Å². The Morgan fingerprint density at radius 1 is 1.50 bits per heavy atom. The molecule has 0 radical (unpaired) electrons. The van der Waals surface area contributed by atoms with E-state index in [0.29, 0.717) is 12.0 Å². The highest BCUT2D eigenvalue weighted by atomic mass is 79.9. The van der Waals surface area contributed by atoms with Crippen LogP contribution in [0.1, 0.15) is 37.4 Å². The molecule has 1 atom stereocenters. The largest absolute Gasteiger partial charge is 0.310 e. The van der Waals surface area contributed by atoms with Crippen LogP contribution >= 0.6 is 15.9 Å². The van der Waals surface area contributed by atoms with Crippen LogP contribution in [0.3, 0.4) is 0 Å². The van der Waals surface area contributed by atoms with Crippen molar-refractivity contribution in [2.24, 2.45) is 5.92 Å². The van der Waals surface area contributed by atoms with Gasteiger partial charge < -0.3 is 5.32 Å². The van der Waals surface area contributed by atoms with E-state index < -0.39 is 0 Å². The van der Waals surface area contributed by atoms with E-state index in [2.05, 4.69) is 35.1 Å². The summed E-state index contributed by atoms with van der Waals surface area (Å²) in [6.07, 6.45) is 1.86. The van der Waals surface area contributed by atoms with Crippen LogP contribution in [0.2, 0.25) is 0 Å². The number of nitrogens with one attached hydrogen (secondary N) is 1. The van der Waals surface area contributed by atoms with Crippen molar-refractivity contribution in [2.45, 2.75) is 32.7 Å². The molecule has 1 aromatic rings. The van der Waals surface area contributed by atoms with Gasteiger partial charge in [0.1, 0.15) is 5.82 Å². The number of fused-ring (bicyclic) bond motifs is 1. The average molecular weight is 286 g/mol. The molecule has 1 unspecified atom stereocenters. The molecular weight excluding hydrogens is 269 g/mol. The van der Waals surface area contributed by atoms with Crippen LogP contribution in [0.4, 0.5) is 4.39 Å². The Morgan fingerprint density at radius 2 is 2.25 bits per heavy atom. The Balaban J connectivity index is 2.19. The molecule has 0 aliphatic heterocycles. The summed E-state index contributed by atoms with van der Waals surface area (Å²) in [5.41, 5.74) is 2.02. The second kappa shape index (κ2) is 4.84. The third-order valence-electron chi connectivity index (χ3n) is 3.03. The van der Waals surface area contributed by atoms with E-state index in [9.17, 15) is 4.39 Å². The van der Waals surface area contributed by atoms with Gasteiger partial charge in [0.05, 0.1) is 0 Å². The third kappa shape index (κ3) is 2.46. The Hall–Kier alpha value is -0.410.